The molecule has 4 heteroatoms. The van der Waals surface area contributed by atoms with Crippen molar-refractivity contribution < 1.29 is 4.79 Å². The number of rotatable bonds is 3. The number of likely N-dealkylation sites (tertiary alicyclic amines) is 1. The third kappa shape index (κ3) is 3.70. The molecule has 1 saturated heterocycles. The molecule has 2 amide bonds. The summed E-state index contributed by atoms with van der Waals surface area (Å²) in [4.78, 5) is 15.7. The van der Waals surface area contributed by atoms with Crippen LogP contribution >= 0.6 is 0 Å². The van der Waals surface area contributed by atoms with Gasteiger partial charge >= 0.3 is 6.03 Å². The van der Waals surface area contributed by atoms with Crippen molar-refractivity contribution in [1.29, 1.82) is 0 Å². The maximum absolute atomic E-state index is 11.9. The molecule has 1 aliphatic rings. The standard InChI is InChI=1S/C11H23N3O/c1-10-4-8-14(9-5-10)11(15)13(2)7-3-6-12/h10H,3-9,12H2,1-2H3. The van der Waals surface area contributed by atoms with Crippen LogP contribution in [0.1, 0.15) is 26.2 Å². The van der Waals surface area contributed by atoms with E-state index in [2.05, 4.69) is 6.92 Å². The van der Waals surface area contributed by atoms with Crippen LogP contribution in [0, 0.1) is 5.92 Å². The Bertz CT molecular complexity index is 200. The molecule has 2 N–H and O–H groups in total. The lowest BCUT2D eigenvalue weighted by Gasteiger charge is -2.33. The first-order valence-electron chi connectivity index (χ1n) is 5.85. The van der Waals surface area contributed by atoms with Crippen molar-refractivity contribution in [2.24, 2.45) is 11.7 Å². The van der Waals surface area contributed by atoms with Gasteiger partial charge in [0, 0.05) is 26.7 Å². The quantitative estimate of drug-likeness (QED) is 0.763. The molecule has 0 atom stereocenters. The third-order valence-electron chi connectivity index (χ3n) is 3.08. The molecule has 1 aliphatic heterocycles. The molecule has 1 heterocycles. The molecule has 0 aromatic carbocycles. The Hall–Kier alpha value is -0.770. The van der Waals surface area contributed by atoms with Crippen molar-refractivity contribution in [3.63, 3.8) is 0 Å². The van der Waals surface area contributed by atoms with Gasteiger partial charge in [-0.05, 0) is 31.7 Å². The zero-order valence-electron chi connectivity index (χ0n) is 9.91. The summed E-state index contributed by atoms with van der Waals surface area (Å²) in [6.07, 6.45) is 3.15. The number of nitrogens with zero attached hydrogens (tertiary/aromatic N) is 2. The van der Waals surface area contributed by atoms with E-state index in [4.69, 9.17) is 5.73 Å². The van der Waals surface area contributed by atoms with Gasteiger partial charge in [-0.1, -0.05) is 6.92 Å². The molecule has 15 heavy (non-hydrogen) atoms. The van der Waals surface area contributed by atoms with Gasteiger partial charge in [0.05, 0.1) is 0 Å². The number of hydrogen-bond acceptors (Lipinski definition) is 2. The number of urea groups is 1. The summed E-state index contributed by atoms with van der Waals surface area (Å²) in [5, 5.41) is 0. The Morgan fingerprint density at radius 3 is 2.60 bits per heavy atom. The van der Waals surface area contributed by atoms with E-state index in [0.29, 0.717) is 6.54 Å². The van der Waals surface area contributed by atoms with Crippen LogP contribution in [0.3, 0.4) is 0 Å². The number of hydrogen-bond donors (Lipinski definition) is 1. The van der Waals surface area contributed by atoms with Crippen molar-refractivity contribution in [3.05, 3.63) is 0 Å². The maximum Gasteiger partial charge on any atom is 0.319 e. The first-order valence-corrected chi connectivity index (χ1v) is 5.85. The normalized spacial score (nSPS) is 17.9. The van der Waals surface area contributed by atoms with Gasteiger partial charge in [-0.2, -0.15) is 0 Å². The number of carbonyl (C=O) groups excluding carboxylic acids is 1. The summed E-state index contributed by atoms with van der Waals surface area (Å²) < 4.78 is 0. The zero-order valence-corrected chi connectivity index (χ0v) is 9.91. The lowest BCUT2D eigenvalue weighted by molar-refractivity contribution is 0.143. The lowest BCUT2D eigenvalue weighted by Crippen LogP contribution is -2.45. The molecule has 0 bridgehead atoms. The second-order valence-electron chi connectivity index (χ2n) is 4.52. The van der Waals surface area contributed by atoms with Crippen LogP contribution in [-0.2, 0) is 0 Å². The van der Waals surface area contributed by atoms with Gasteiger partial charge < -0.3 is 15.5 Å². The fourth-order valence-corrected chi connectivity index (χ4v) is 1.87. The van der Waals surface area contributed by atoms with Crippen molar-refractivity contribution in [3.8, 4) is 0 Å². The number of piperidine rings is 1. The average molecular weight is 213 g/mol. The molecular weight excluding hydrogens is 190 g/mol. The topological polar surface area (TPSA) is 49.6 Å². The van der Waals surface area contributed by atoms with E-state index in [0.717, 1.165) is 44.8 Å². The van der Waals surface area contributed by atoms with Gasteiger partial charge in [0.25, 0.3) is 0 Å². The van der Waals surface area contributed by atoms with Crippen molar-refractivity contribution in [2.75, 3.05) is 33.2 Å². The van der Waals surface area contributed by atoms with E-state index >= 15 is 0 Å². The molecule has 0 saturated carbocycles. The molecule has 0 aliphatic carbocycles. The van der Waals surface area contributed by atoms with E-state index in [1.165, 1.54) is 0 Å². The molecule has 88 valence electrons. The summed E-state index contributed by atoms with van der Waals surface area (Å²) in [5.74, 6) is 0.767. The Balaban J connectivity index is 2.32. The number of amides is 2. The minimum Gasteiger partial charge on any atom is -0.330 e. The van der Waals surface area contributed by atoms with Crippen LogP contribution < -0.4 is 5.73 Å². The maximum atomic E-state index is 11.9. The summed E-state index contributed by atoms with van der Waals surface area (Å²) in [5.41, 5.74) is 5.42. The summed E-state index contributed by atoms with van der Waals surface area (Å²) in [6, 6.07) is 0.162. The van der Waals surface area contributed by atoms with E-state index in [-0.39, 0.29) is 6.03 Å². The second-order valence-corrected chi connectivity index (χ2v) is 4.52. The highest BCUT2D eigenvalue weighted by atomic mass is 16.2. The van der Waals surface area contributed by atoms with Gasteiger partial charge in [-0.25, -0.2) is 4.79 Å². The van der Waals surface area contributed by atoms with Crippen LogP contribution in [0.5, 0.6) is 0 Å². The highest BCUT2D eigenvalue weighted by Gasteiger charge is 2.22. The minimum atomic E-state index is 0.162. The highest BCUT2D eigenvalue weighted by Crippen LogP contribution is 2.16. The minimum absolute atomic E-state index is 0.162. The largest absolute Gasteiger partial charge is 0.330 e. The van der Waals surface area contributed by atoms with Gasteiger partial charge in [0.1, 0.15) is 0 Å². The van der Waals surface area contributed by atoms with Gasteiger partial charge in [0.15, 0.2) is 0 Å². The third-order valence-corrected chi connectivity index (χ3v) is 3.08. The van der Waals surface area contributed by atoms with Crippen LogP contribution in [0.2, 0.25) is 0 Å². The van der Waals surface area contributed by atoms with E-state index in [1.54, 1.807) is 4.90 Å². The monoisotopic (exact) mass is 213 g/mol. The SMILES string of the molecule is CC1CCN(C(=O)N(C)CCCN)CC1. The Kier molecular flexibility index (Phi) is 4.88. The molecule has 0 aromatic heterocycles. The second kappa shape index (κ2) is 5.95. The Morgan fingerprint density at radius 1 is 1.47 bits per heavy atom. The average Bonchev–Trinajstić information content (AvgIpc) is 2.26. The summed E-state index contributed by atoms with van der Waals surface area (Å²) in [7, 11) is 1.86. The smallest absolute Gasteiger partial charge is 0.319 e. The number of carbonyl (C=O) groups is 1. The Labute approximate surface area is 92.4 Å². The zero-order chi connectivity index (χ0) is 11.3. The van der Waals surface area contributed by atoms with Gasteiger partial charge in [-0.3, -0.25) is 0 Å². The predicted octanol–water partition coefficient (Wildman–Crippen LogP) is 1.12. The molecule has 0 aromatic rings. The fourth-order valence-electron chi connectivity index (χ4n) is 1.87. The molecule has 0 spiro atoms. The lowest BCUT2D eigenvalue weighted by atomic mass is 10.00. The Morgan fingerprint density at radius 2 is 2.07 bits per heavy atom. The molecular formula is C11H23N3O. The molecule has 1 rings (SSSR count). The van der Waals surface area contributed by atoms with E-state index < -0.39 is 0 Å². The van der Waals surface area contributed by atoms with Crippen LogP contribution in [-0.4, -0.2) is 49.1 Å². The molecule has 0 unspecified atom stereocenters. The van der Waals surface area contributed by atoms with Crippen molar-refractivity contribution in [2.45, 2.75) is 26.2 Å². The molecule has 1 fully saturated rings. The highest BCUT2D eigenvalue weighted by molar-refractivity contribution is 5.74. The van der Waals surface area contributed by atoms with E-state index in [1.807, 2.05) is 11.9 Å². The fraction of sp³-hybridized carbons (Fsp3) is 0.909. The summed E-state index contributed by atoms with van der Waals surface area (Å²) >= 11 is 0. The first-order chi connectivity index (χ1) is 7.15. The molecule has 0 radical (unpaired) electrons. The van der Waals surface area contributed by atoms with Crippen molar-refractivity contribution in [1.82, 2.24) is 9.80 Å². The van der Waals surface area contributed by atoms with Crippen LogP contribution in [0.4, 0.5) is 4.79 Å². The van der Waals surface area contributed by atoms with Crippen molar-refractivity contribution >= 4 is 6.03 Å². The molecule has 4 nitrogen and oxygen atoms in total. The first kappa shape index (κ1) is 12.3. The van der Waals surface area contributed by atoms with Crippen LogP contribution in [0.25, 0.3) is 0 Å². The number of nitrogens with two attached hydrogens (primary N) is 1. The van der Waals surface area contributed by atoms with Gasteiger partial charge in [-0.15, -0.1) is 0 Å². The van der Waals surface area contributed by atoms with Gasteiger partial charge in [0.2, 0.25) is 0 Å². The van der Waals surface area contributed by atoms with Crippen LogP contribution in [0.15, 0.2) is 0 Å². The van der Waals surface area contributed by atoms with E-state index in [9.17, 15) is 4.79 Å². The predicted molar refractivity (Wildman–Crippen MR) is 61.7 cm³/mol. The summed E-state index contributed by atoms with van der Waals surface area (Å²) in [6.45, 7) is 5.48.